The van der Waals surface area contributed by atoms with Gasteiger partial charge in [0.2, 0.25) is 5.96 Å². The van der Waals surface area contributed by atoms with Crippen molar-refractivity contribution in [3.63, 3.8) is 0 Å². The molecule has 2 heterocycles. The Bertz CT molecular complexity index is 1490. The van der Waals surface area contributed by atoms with Crippen LogP contribution in [-0.2, 0) is 17.8 Å². The van der Waals surface area contributed by atoms with Crippen molar-refractivity contribution in [3.8, 4) is 6.19 Å². The zero-order valence-corrected chi connectivity index (χ0v) is 23.0. The molecule has 12 heteroatoms. The normalized spacial score (nSPS) is 16.3. The summed E-state index contributed by atoms with van der Waals surface area (Å²) in [5, 5.41) is 25.7. The Hall–Kier alpha value is -5.02. The van der Waals surface area contributed by atoms with Crippen LogP contribution in [-0.4, -0.2) is 59.0 Å². The molecule has 1 atom stereocenters. The molecule has 2 amide bonds. The van der Waals surface area contributed by atoms with Gasteiger partial charge in [-0.1, -0.05) is 42.5 Å². The minimum Gasteiger partial charge on any atom is -0.481 e. The van der Waals surface area contributed by atoms with Crippen LogP contribution in [0.3, 0.4) is 0 Å². The zero-order chi connectivity index (χ0) is 30.1. The van der Waals surface area contributed by atoms with E-state index in [0.29, 0.717) is 25.6 Å². The lowest BCUT2D eigenvalue weighted by Gasteiger charge is -2.42. The number of nitrogens with one attached hydrogen (secondary N) is 3. The van der Waals surface area contributed by atoms with E-state index in [0.717, 1.165) is 55.4 Å². The fourth-order valence-electron chi connectivity index (χ4n) is 4.91. The monoisotopic (exact) mass is 575 g/mol. The van der Waals surface area contributed by atoms with E-state index in [-0.39, 0.29) is 11.7 Å². The first-order valence-corrected chi connectivity index (χ1v) is 13.3. The molecule has 0 radical (unpaired) electrons. The van der Waals surface area contributed by atoms with Crippen molar-refractivity contribution in [2.24, 2.45) is 4.99 Å². The first kappa shape index (κ1) is 30.0. The Morgan fingerprint density at radius 1 is 1.07 bits per heavy atom. The summed E-state index contributed by atoms with van der Waals surface area (Å²) in [7, 11) is 0. The average Bonchev–Trinajstić information content (AvgIpc) is 2.99. The number of amides is 2. The number of carboxylic acid groups (broad SMARTS) is 1. The predicted octanol–water partition coefficient (Wildman–Crippen LogP) is 4.35. The van der Waals surface area contributed by atoms with Gasteiger partial charge in [0, 0.05) is 44.9 Å². The summed E-state index contributed by atoms with van der Waals surface area (Å²) < 4.78 is 27.1. The summed E-state index contributed by atoms with van der Waals surface area (Å²) >= 11 is 0. The Labute approximate surface area is 242 Å². The number of aliphatic carboxylic acids is 1. The van der Waals surface area contributed by atoms with Gasteiger partial charge in [0.15, 0.2) is 17.8 Å². The van der Waals surface area contributed by atoms with Gasteiger partial charge in [-0.3, -0.25) is 10.1 Å². The van der Waals surface area contributed by atoms with Crippen LogP contribution < -0.4 is 16.0 Å². The quantitative estimate of drug-likeness (QED) is 0.158. The third-order valence-corrected chi connectivity index (χ3v) is 6.81. The fraction of sp³-hybridized carbons (Fsp3) is 0.267. The van der Waals surface area contributed by atoms with E-state index in [1.54, 1.807) is 4.90 Å². The van der Waals surface area contributed by atoms with Crippen LogP contribution in [0.25, 0.3) is 0 Å². The SMILES string of the molecule is CC(=O)O.N#CNC(=Nc1cccc2c1CCNC2)N1CCN(C(=O)Nc2ccc(F)c(F)c2)C(c2ccccc2)C1. The van der Waals surface area contributed by atoms with Gasteiger partial charge in [0.1, 0.15) is 0 Å². The second-order valence-corrected chi connectivity index (χ2v) is 9.66. The fourth-order valence-corrected chi connectivity index (χ4v) is 4.91. The van der Waals surface area contributed by atoms with Crippen molar-refractivity contribution in [2.45, 2.75) is 25.9 Å². The summed E-state index contributed by atoms with van der Waals surface area (Å²) in [6, 6.07) is 18.0. The highest BCUT2D eigenvalue weighted by molar-refractivity contribution is 5.90. The largest absolute Gasteiger partial charge is 0.481 e. The van der Waals surface area contributed by atoms with Crippen molar-refractivity contribution in [3.05, 3.63) is 95.1 Å². The van der Waals surface area contributed by atoms with Crippen molar-refractivity contribution < 1.29 is 23.5 Å². The van der Waals surface area contributed by atoms with Gasteiger partial charge < -0.3 is 25.5 Å². The van der Waals surface area contributed by atoms with Crippen molar-refractivity contribution in [2.75, 3.05) is 31.5 Å². The summed E-state index contributed by atoms with van der Waals surface area (Å²) in [5.74, 6) is -2.43. The molecule has 0 saturated carbocycles. The van der Waals surface area contributed by atoms with E-state index in [2.05, 4.69) is 22.0 Å². The first-order valence-electron chi connectivity index (χ1n) is 13.3. The number of nitrogens with zero attached hydrogens (tertiary/aromatic N) is 4. The number of nitriles is 1. The molecule has 1 unspecified atom stereocenters. The number of piperazine rings is 1. The minimum atomic E-state index is -1.03. The second kappa shape index (κ2) is 14.0. The van der Waals surface area contributed by atoms with Gasteiger partial charge in [-0.05, 0) is 47.9 Å². The number of hydrogen-bond donors (Lipinski definition) is 4. The summed E-state index contributed by atoms with van der Waals surface area (Å²) in [6.45, 7) is 3.83. The Morgan fingerprint density at radius 3 is 2.55 bits per heavy atom. The number of urea groups is 1. The molecule has 3 aromatic carbocycles. The zero-order valence-electron chi connectivity index (χ0n) is 23.0. The highest BCUT2D eigenvalue weighted by Crippen LogP contribution is 2.29. The van der Waals surface area contributed by atoms with Crippen LogP contribution in [0.4, 0.5) is 25.0 Å². The van der Waals surface area contributed by atoms with Gasteiger partial charge in [-0.25, -0.2) is 18.6 Å². The molecule has 0 bridgehead atoms. The lowest BCUT2D eigenvalue weighted by atomic mass is 9.99. The third-order valence-electron chi connectivity index (χ3n) is 6.81. The molecule has 3 aromatic rings. The van der Waals surface area contributed by atoms with E-state index in [1.807, 2.05) is 53.6 Å². The smallest absolute Gasteiger partial charge is 0.322 e. The van der Waals surface area contributed by atoms with Crippen LogP contribution in [0.1, 0.15) is 29.7 Å². The lowest BCUT2D eigenvalue weighted by molar-refractivity contribution is -0.134. The number of hydrogen-bond acceptors (Lipinski definition) is 5. The number of rotatable bonds is 3. The summed E-state index contributed by atoms with van der Waals surface area (Å²) in [5.41, 5.74) is 4.23. The number of aliphatic imine (C=N–C) groups is 1. The number of carbonyl (C=O) groups is 2. The van der Waals surface area contributed by atoms with E-state index >= 15 is 0 Å². The van der Waals surface area contributed by atoms with Crippen LogP contribution in [0.5, 0.6) is 0 Å². The van der Waals surface area contributed by atoms with E-state index in [9.17, 15) is 18.8 Å². The number of carboxylic acids is 1. The lowest BCUT2D eigenvalue weighted by Crippen LogP contribution is -2.55. The van der Waals surface area contributed by atoms with E-state index in [4.69, 9.17) is 14.9 Å². The highest BCUT2D eigenvalue weighted by Gasteiger charge is 2.33. The molecule has 10 nitrogen and oxygen atoms in total. The summed E-state index contributed by atoms with van der Waals surface area (Å²) in [4.78, 5) is 30.8. The number of guanidine groups is 1. The number of halogens is 2. The summed E-state index contributed by atoms with van der Waals surface area (Å²) in [6.07, 6.45) is 2.85. The topological polar surface area (TPSA) is 133 Å². The molecule has 0 spiro atoms. The molecule has 0 aromatic heterocycles. The average molecular weight is 576 g/mol. The molecule has 2 aliphatic heterocycles. The Balaban J connectivity index is 0.000000952. The van der Waals surface area contributed by atoms with Gasteiger partial charge in [0.05, 0.1) is 11.7 Å². The second-order valence-electron chi connectivity index (χ2n) is 9.66. The molecule has 1 fully saturated rings. The molecule has 42 heavy (non-hydrogen) atoms. The molecule has 5 rings (SSSR count). The van der Waals surface area contributed by atoms with Crippen molar-refractivity contribution in [1.82, 2.24) is 20.4 Å². The van der Waals surface area contributed by atoms with Gasteiger partial charge in [-0.2, -0.15) is 5.26 Å². The molecular weight excluding hydrogens is 544 g/mol. The van der Waals surface area contributed by atoms with Crippen molar-refractivity contribution in [1.29, 1.82) is 5.26 Å². The number of carbonyl (C=O) groups excluding carboxylic acids is 1. The van der Waals surface area contributed by atoms with Gasteiger partial charge in [0.25, 0.3) is 5.97 Å². The Kier molecular flexibility index (Phi) is 10.0. The molecule has 218 valence electrons. The van der Waals surface area contributed by atoms with Crippen LogP contribution in [0.15, 0.2) is 71.7 Å². The number of anilines is 1. The third kappa shape index (κ3) is 7.58. The molecule has 0 aliphatic carbocycles. The number of fused-ring (bicyclic) bond motifs is 1. The molecule has 4 N–H and O–H groups in total. The first-order chi connectivity index (χ1) is 20.3. The van der Waals surface area contributed by atoms with Crippen LogP contribution >= 0.6 is 0 Å². The van der Waals surface area contributed by atoms with E-state index in [1.165, 1.54) is 11.6 Å². The minimum absolute atomic E-state index is 0.167. The van der Waals surface area contributed by atoms with E-state index < -0.39 is 23.6 Å². The number of benzene rings is 3. The predicted molar refractivity (Wildman–Crippen MR) is 154 cm³/mol. The molecule has 1 saturated heterocycles. The highest BCUT2D eigenvalue weighted by atomic mass is 19.2. The maximum absolute atomic E-state index is 13.7. The maximum Gasteiger partial charge on any atom is 0.322 e. The molecule has 2 aliphatic rings. The standard InChI is InChI=1S/C28H27F2N7O.C2H4O2/c29-23-10-9-21(15-24(23)30)34-28(38)37-14-13-36(17-26(37)19-5-2-1-3-6-19)27(33-18-31)35-25-8-4-7-20-16-32-12-11-22(20)25;1-2(3)4/h1-10,15,26,32H,11-14,16-17H2,(H,33,35)(H,34,38);1H3,(H,3,4). The van der Waals surface area contributed by atoms with Gasteiger partial charge in [-0.15, -0.1) is 0 Å². The van der Waals surface area contributed by atoms with Gasteiger partial charge >= 0.3 is 6.03 Å². The Morgan fingerprint density at radius 2 is 1.83 bits per heavy atom. The van der Waals surface area contributed by atoms with Crippen LogP contribution in [0.2, 0.25) is 0 Å². The van der Waals surface area contributed by atoms with Crippen LogP contribution in [0, 0.1) is 23.1 Å². The van der Waals surface area contributed by atoms with Crippen molar-refractivity contribution >= 4 is 29.3 Å². The molecular formula is C30H31F2N7O3. The maximum atomic E-state index is 13.7.